The molecule has 0 saturated carbocycles. The number of hydrogen-bond acceptors (Lipinski definition) is 2. The van der Waals surface area contributed by atoms with Crippen LogP contribution < -0.4 is 0 Å². The van der Waals surface area contributed by atoms with E-state index in [1.54, 1.807) is 11.8 Å². The second-order valence-corrected chi connectivity index (χ2v) is 4.91. The highest BCUT2D eigenvalue weighted by atomic mass is 35.5. The van der Waals surface area contributed by atoms with Crippen molar-refractivity contribution in [2.24, 2.45) is 0 Å². The first-order chi connectivity index (χ1) is 7.81. The Morgan fingerprint density at radius 1 is 1.31 bits per heavy atom. The number of rotatable bonds is 3. The van der Waals surface area contributed by atoms with Crippen molar-refractivity contribution in [3.05, 3.63) is 58.3 Å². The summed E-state index contributed by atoms with van der Waals surface area (Å²) in [5, 5.41) is 9.99. The zero-order valence-corrected chi connectivity index (χ0v) is 10.3. The van der Waals surface area contributed by atoms with Gasteiger partial charge in [0.1, 0.15) is 0 Å². The topological polar surface area (TPSA) is 20.2 Å². The van der Waals surface area contributed by atoms with Gasteiger partial charge < -0.3 is 5.11 Å². The van der Waals surface area contributed by atoms with Crippen LogP contribution in [-0.4, -0.2) is 5.11 Å². The Bertz CT molecular complexity index is 437. The highest BCUT2D eigenvalue weighted by molar-refractivity contribution is 8.03. The van der Waals surface area contributed by atoms with Crippen molar-refractivity contribution in [3.63, 3.8) is 0 Å². The van der Waals surface area contributed by atoms with E-state index in [9.17, 15) is 5.11 Å². The van der Waals surface area contributed by atoms with Gasteiger partial charge in [-0.05, 0) is 24.1 Å². The number of halogens is 1. The molecule has 1 radical (unpaired) electrons. The number of aliphatic hydroxyl groups is 1. The maximum Gasteiger partial charge on any atom is 0.0692 e. The predicted molar refractivity (Wildman–Crippen MR) is 69.2 cm³/mol. The quantitative estimate of drug-likeness (QED) is 0.880. The van der Waals surface area contributed by atoms with Crippen molar-refractivity contribution < 1.29 is 5.11 Å². The average molecular weight is 252 g/mol. The van der Waals surface area contributed by atoms with Gasteiger partial charge in [-0.15, -0.1) is 0 Å². The van der Waals surface area contributed by atoms with E-state index in [1.807, 2.05) is 36.4 Å². The minimum atomic E-state index is 0.0594. The Kier molecular flexibility index (Phi) is 4.10. The lowest BCUT2D eigenvalue weighted by atomic mass is 10.2. The van der Waals surface area contributed by atoms with Crippen LogP contribution in [0.1, 0.15) is 12.0 Å². The van der Waals surface area contributed by atoms with Crippen LogP contribution in [0.25, 0.3) is 0 Å². The van der Waals surface area contributed by atoms with E-state index in [0.717, 1.165) is 26.8 Å². The summed E-state index contributed by atoms with van der Waals surface area (Å²) in [6.07, 6.45) is 6.97. The van der Waals surface area contributed by atoms with Gasteiger partial charge in [0.05, 0.1) is 11.6 Å². The number of thioether (sulfide) groups is 1. The van der Waals surface area contributed by atoms with Crippen molar-refractivity contribution in [2.75, 3.05) is 0 Å². The molecule has 2 rings (SSSR count). The molecule has 0 aliphatic heterocycles. The van der Waals surface area contributed by atoms with Gasteiger partial charge in [-0.3, -0.25) is 0 Å². The van der Waals surface area contributed by atoms with Gasteiger partial charge in [0.15, 0.2) is 0 Å². The zero-order chi connectivity index (χ0) is 11.4. The summed E-state index contributed by atoms with van der Waals surface area (Å²) >= 11 is 7.71. The molecule has 0 fully saturated rings. The Morgan fingerprint density at radius 2 is 2.12 bits per heavy atom. The van der Waals surface area contributed by atoms with Crippen molar-refractivity contribution >= 4 is 23.4 Å². The van der Waals surface area contributed by atoms with Gasteiger partial charge in [0.25, 0.3) is 0 Å². The highest BCUT2D eigenvalue weighted by Crippen LogP contribution is 2.37. The fourth-order valence-corrected chi connectivity index (χ4v) is 2.74. The fourth-order valence-electron chi connectivity index (χ4n) is 1.47. The van der Waals surface area contributed by atoms with Gasteiger partial charge in [0, 0.05) is 16.2 Å². The molecule has 1 N–H and O–H groups in total. The van der Waals surface area contributed by atoms with Crippen molar-refractivity contribution in [1.29, 1.82) is 0 Å². The lowest BCUT2D eigenvalue weighted by Crippen LogP contribution is -1.91. The Hall–Kier alpha value is -0.700. The molecule has 0 spiro atoms. The number of allylic oxidation sites excluding steroid dienone is 4. The molecule has 1 aromatic rings. The van der Waals surface area contributed by atoms with Crippen LogP contribution >= 0.6 is 23.4 Å². The zero-order valence-electron chi connectivity index (χ0n) is 8.69. The van der Waals surface area contributed by atoms with Gasteiger partial charge in [-0.25, -0.2) is 0 Å². The monoisotopic (exact) mass is 251 g/mol. The van der Waals surface area contributed by atoms with Crippen LogP contribution in [0.15, 0.2) is 51.3 Å². The third-order valence-corrected chi connectivity index (χ3v) is 3.97. The van der Waals surface area contributed by atoms with E-state index in [0.29, 0.717) is 0 Å². The van der Waals surface area contributed by atoms with Crippen molar-refractivity contribution in [2.45, 2.75) is 17.9 Å². The normalized spacial score (nSPS) is 15.6. The molecule has 83 valence electrons. The van der Waals surface area contributed by atoms with E-state index in [4.69, 9.17) is 11.6 Å². The van der Waals surface area contributed by atoms with Gasteiger partial charge in [-0.1, -0.05) is 47.6 Å². The van der Waals surface area contributed by atoms with Crippen molar-refractivity contribution in [3.8, 4) is 0 Å². The summed E-state index contributed by atoms with van der Waals surface area (Å²) in [5.74, 6) is 0. The predicted octanol–water partition coefficient (Wildman–Crippen LogP) is 3.89. The second kappa shape index (κ2) is 5.58. The van der Waals surface area contributed by atoms with Crippen LogP contribution in [0.3, 0.4) is 0 Å². The smallest absolute Gasteiger partial charge is 0.0692 e. The molecule has 0 amide bonds. The molecule has 3 heteroatoms. The van der Waals surface area contributed by atoms with E-state index in [1.165, 1.54) is 0 Å². The number of hydrogen-bond donors (Lipinski definition) is 1. The number of benzene rings is 1. The Morgan fingerprint density at radius 3 is 2.88 bits per heavy atom. The minimum absolute atomic E-state index is 0.0594. The second-order valence-electron chi connectivity index (χ2n) is 3.42. The standard InChI is InChI=1S/C13H12ClOS/c14-11-6-2-4-8-13(11)16-12-7-3-1-5-10(12)9-15/h1-3,5-8,15H,4,9H2. The fraction of sp³-hybridized carbons (Fsp3) is 0.154. The minimum Gasteiger partial charge on any atom is -0.392 e. The number of aliphatic hydroxyl groups excluding tert-OH is 1. The van der Waals surface area contributed by atoms with Crippen LogP contribution in [0.5, 0.6) is 0 Å². The molecule has 1 aliphatic carbocycles. The first-order valence-corrected chi connectivity index (χ1v) is 6.27. The third-order valence-electron chi connectivity index (χ3n) is 2.30. The molecule has 0 aromatic heterocycles. The van der Waals surface area contributed by atoms with Crippen molar-refractivity contribution in [1.82, 2.24) is 0 Å². The molecule has 1 nitrogen and oxygen atoms in total. The first-order valence-electron chi connectivity index (χ1n) is 5.07. The van der Waals surface area contributed by atoms with Gasteiger partial charge in [0.2, 0.25) is 0 Å². The maximum atomic E-state index is 9.23. The largest absolute Gasteiger partial charge is 0.392 e. The highest BCUT2D eigenvalue weighted by Gasteiger charge is 2.10. The van der Waals surface area contributed by atoms with Crippen LogP contribution in [0.4, 0.5) is 0 Å². The van der Waals surface area contributed by atoms with Gasteiger partial charge >= 0.3 is 0 Å². The third kappa shape index (κ3) is 2.70. The molecule has 0 atom stereocenters. The lowest BCUT2D eigenvalue weighted by molar-refractivity contribution is 0.279. The molecule has 0 unspecified atom stereocenters. The van der Waals surface area contributed by atoms with E-state index >= 15 is 0 Å². The Balaban J connectivity index is 2.23. The summed E-state index contributed by atoms with van der Waals surface area (Å²) in [6, 6.07) is 7.82. The maximum absolute atomic E-state index is 9.23. The molecule has 16 heavy (non-hydrogen) atoms. The molecule has 0 bridgehead atoms. The first kappa shape index (κ1) is 11.8. The summed E-state index contributed by atoms with van der Waals surface area (Å²) < 4.78 is 0. The molecule has 0 saturated heterocycles. The van der Waals surface area contributed by atoms with E-state index in [2.05, 4.69) is 6.42 Å². The summed E-state index contributed by atoms with van der Waals surface area (Å²) in [7, 11) is 0. The Labute approximate surface area is 105 Å². The summed E-state index contributed by atoms with van der Waals surface area (Å²) in [4.78, 5) is 2.12. The lowest BCUT2D eigenvalue weighted by Gasteiger charge is -2.12. The molecule has 0 heterocycles. The molecular formula is C13H12ClOS. The summed E-state index contributed by atoms with van der Waals surface area (Å²) in [6.45, 7) is 0.0594. The van der Waals surface area contributed by atoms with E-state index < -0.39 is 0 Å². The molecule has 1 aromatic carbocycles. The van der Waals surface area contributed by atoms with Gasteiger partial charge in [-0.2, -0.15) is 0 Å². The summed E-state index contributed by atoms with van der Waals surface area (Å²) in [5.41, 5.74) is 0.937. The van der Waals surface area contributed by atoms with Crippen LogP contribution in [0, 0.1) is 6.42 Å². The average Bonchev–Trinajstić information content (AvgIpc) is 2.33. The van der Waals surface area contributed by atoms with E-state index in [-0.39, 0.29) is 6.61 Å². The molecular weight excluding hydrogens is 240 g/mol. The molecule has 1 aliphatic rings. The van der Waals surface area contributed by atoms with Crippen LogP contribution in [-0.2, 0) is 6.61 Å². The van der Waals surface area contributed by atoms with Crippen LogP contribution in [0.2, 0.25) is 0 Å². The SMILES string of the molecule is OCc1ccccc1SC1=C(Cl)C=CC[CH]1.